The number of carbonyl (C=O) groups excluding carboxylic acids is 2. The number of carbonyl (C=O) groups is 2. The fourth-order valence-electron chi connectivity index (χ4n) is 4.73. The molecule has 192 valence electrons. The van der Waals surface area contributed by atoms with Crippen molar-refractivity contribution < 1.29 is 18.7 Å². The molecule has 4 rings (SSSR count). The summed E-state index contributed by atoms with van der Waals surface area (Å²) in [4.78, 5) is 28.7. The van der Waals surface area contributed by atoms with Crippen LogP contribution in [0, 0.1) is 5.82 Å². The third-order valence-corrected chi connectivity index (χ3v) is 8.01. The molecule has 0 radical (unpaired) electrons. The minimum absolute atomic E-state index is 0.0258. The van der Waals surface area contributed by atoms with E-state index in [2.05, 4.69) is 5.32 Å². The van der Waals surface area contributed by atoms with Gasteiger partial charge in [0.2, 0.25) is 0 Å². The van der Waals surface area contributed by atoms with Crippen LogP contribution in [0.3, 0.4) is 0 Å². The van der Waals surface area contributed by atoms with Crippen LogP contribution < -0.4 is 5.32 Å². The van der Waals surface area contributed by atoms with Crippen molar-refractivity contribution in [1.29, 1.82) is 0 Å². The summed E-state index contributed by atoms with van der Waals surface area (Å²) in [7, 11) is 0. The maximum atomic E-state index is 13.5. The zero-order valence-corrected chi connectivity index (χ0v) is 21.9. The van der Waals surface area contributed by atoms with E-state index in [-0.39, 0.29) is 29.8 Å². The Bertz CT molecular complexity index is 1070. The summed E-state index contributed by atoms with van der Waals surface area (Å²) in [5.41, 5.74) is 2.42. The van der Waals surface area contributed by atoms with Gasteiger partial charge in [-0.1, -0.05) is 37.1 Å². The lowest BCUT2D eigenvalue weighted by molar-refractivity contribution is -0.130. The molecule has 0 spiro atoms. The molecule has 2 aromatic carbocycles. The Labute approximate surface area is 217 Å². The van der Waals surface area contributed by atoms with Gasteiger partial charge in [0, 0.05) is 36.6 Å². The number of rotatable bonds is 9. The first-order valence-corrected chi connectivity index (χ1v) is 13.7. The number of nitrogens with one attached hydrogen (secondary N) is 1. The van der Waals surface area contributed by atoms with Gasteiger partial charge in [0.1, 0.15) is 5.82 Å². The van der Waals surface area contributed by atoms with E-state index in [9.17, 15) is 14.0 Å². The molecular formula is C29H35FN2O3S. The molecule has 2 aromatic rings. The number of fused-ring (bicyclic) bond motifs is 1. The van der Waals surface area contributed by atoms with Crippen molar-refractivity contribution in [3.05, 3.63) is 75.9 Å². The van der Waals surface area contributed by atoms with Crippen molar-refractivity contribution in [2.45, 2.75) is 69.9 Å². The van der Waals surface area contributed by atoms with E-state index < -0.39 is 0 Å². The molecule has 2 atom stereocenters. The van der Waals surface area contributed by atoms with Crippen LogP contribution in [0.1, 0.15) is 67.4 Å². The predicted molar refractivity (Wildman–Crippen MR) is 143 cm³/mol. The van der Waals surface area contributed by atoms with Crippen LogP contribution in [-0.2, 0) is 16.1 Å². The van der Waals surface area contributed by atoms with Crippen LogP contribution in [0.5, 0.6) is 0 Å². The Balaban J connectivity index is 1.43. The molecule has 2 aliphatic rings. The minimum atomic E-state index is -0.271. The highest BCUT2D eigenvalue weighted by atomic mass is 32.2. The van der Waals surface area contributed by atoms with E-state index in [4.69, 9.17) is 4.74 Å². The highest BCUT2D eigenvalue weighted by Crippen LogP contribution is 2.42. The monoisotopic (exact) mass is 510 g/mol. The van der Waals surface area contributed by atoms with E-state index in [1.165, 1.54) is 18.6 Å². The first kappa shape index (κ1) is 26.4. The van der Waals surface area contributed by atoms with Crippen molar-refractivity contribution in [2.24, 2.45) is 0 Å². The number of nitrogens with zero attached hydrogens (tertiary/aromatic N) is 1. The van der Waals surface area contributed by atoms with Gasteiger partial charge in [-0.25, -0.2) is 4.39 Å². The summed E-state index contributed by atoms with van der Waals surface area (Å²) in [6.45, 7) is 5.65. The summed E-state index contributed by atoms with van der Waals surface area (Å²) in [6, 6.07) is 14.0. The number of ether oxygens (including phenoxy) is 1. The van der Waals surface area contributed by atoms with E-state index in [0.29, 0.717) is 30.5 Å². The molecule has 1 aliphatic carbocycles. The molecule has 1 heterocycles. The largest absolute Gasteiger partial charge is 0.379 e. The average molecular weight is 511 g/mol. The highest BCUT2D eigenvalue weighted by molar-refractivity contribution is 8.04. The molecule has 1 aliphatic heterocycles. The van der Waals surface area contributed by atoms with Crippen LogP contribution >= 0.6 is 11.8 Å². The number of thioether (sulfide) groups is 1. The SMILES string of the molecule is CC(C)OCCCNC(=O)c1ccc(/C=C2\SC3CCCCC3N(Cc3ccc(F)cc3)C2=O)cc1. The molecule has 0 aromatic heterocycles. The second-order valence-corrected chi connectivity index (χ2v) is 11.0. The molecule has 0 bridgehead atoms. The molecule has 7 heteroatoms. The summed E-state index contributed by atoms with van der Waals surface area (Å²) in [5.74, 6) is -0.358. The summed E-state index contributed by atoms with van der Waals surface area (Å²) < 4.78 is 18.9. The van der Waals surface area contributed by atoms with Crippen LogP contribution in [0.4, 0.5) is 4.39 Å². The fraction of sp³-hybridized carbons (Fsp3) is 0.448. The van der Waals surface area contributed by atoms with Crippen molar-refractivity contribution in [3.8, 4) is 0 Å². The lowest BCUT2D eigenvalue weighted by Crippen LogP contribution is -2.50. The van der Waals surface area contributed by atoms with Crippen molar-refractivity contribution in [2.75, 3.05) is 13.2 Å². The maximum absolute atomic E-state index is 13.5. The Morgan fingerprint density at radius 1 is 1.14 bits per heavy atom. The zero-order chi connectivity index (χ0) is 25.5. The maximum Gasteiger partial charge on any atom is 0.260 e. The van der Waals surface area contributed by atoms with E-state index in [0.717, 1.165) is 41.7 Å². The lowest BCUT2D eigenvalue weighted by atomic mass is 9.92. The Kier molecular flexibility index (Phi) is 9.21. The Morgan fingerprint density at radius 3 is 2.58 bits per heavy atom. The molecule has 5 nitrogen and oxygen atoms in total. The van der Waals surface area contributed by atoms with Gasteiger partial charge in [0.05, 0.1) is 11.0 Å². The number of hydrogen-bond acceptors (Lipinski definition) is 4. The average Bonchev–Trinajstić information content (AvgIpc) is 2.87. The van der Waals surface area contributed by atoms with Crippen LogP contribution in [0.2, 0.25) is 0 Å². The summed E-state index contributed by atoms with van der Waals surface area (Å²) in [6.07, 6.45) is 7.28. The van der Waals surface area contributed by atoms with E-state index in [1.54, 1.807) is 36.0 Å². The minimum Gasteiger partial charge on any atom is -0.379 e. The number of halogens is 1. The van der Waals surface area contributed by atoms with Gasteiger partial charge in [0.25, 0.3) is 11.8 Å². The number of amides is 2. The van der Waals surface area contributed by atoms with E-state index in [1.807, 2.05) is 37.0 Å². The van der Waals surface area contributed by atoms with Gasteiger partial charge in [-0.05, 0) is 74.6 Å². The second-order valence-electron chi connectivity index (χ2n) is 9.73. The predicted octanol–water partition coefficient (Wildman–Crippen LogP) is 5.80. The van der Waals surface area contributed by atoms with Crippen molar-refractivity contribution in [1.82, 2.24) is 10.2 Å². The van der Waals surface area contributed by atoms with Crippen LogP contribution in [0.25, 0.3) is 6.08 Å². The number of benzene rings is 2. The zero-order valence-electron chi connectivity index (χ0n) is 21.0. The molecule has 2 unspecified atom stereocenters. The van der Waals surface area contributed by atoms with Gasteiger partial charge in [-0.3, -0.25) is 9.59 Å². The normalized spacial score (nSPS) is 21.1. The topological polar surface area (TPSA) is 58.6 Å². The first-order valence-electron chi connectivity index (χ1n) is 12.8. The molecule has 1 N–H and O–H groups in total. The van der Waals surface area contributed by atoms with Crippen molar-refractivity contribution in [3.63, 3.8) is 0 Å². The van der Waals surface area contributed by atoms with Crippen LogP contribution in [-0.4, -0.2) is 47.3 Å². The second kappa shape index (κ2) is 12.5. The van der Waals surface area contributed by atoms with E-state index >= 15 is 0 Å². The molecule has 2 fully saturated rings. The van der Waals surface area contributed by atoms with Gasteiger partial charge in [-0.2, -0.15) is 0 Å². The summed E-state index contributed by atoms with van der Waals surface area (Å²) >= 11 is 1.68. The first-order chi connectivity index (χ1) is 17.4. The third-order valence-electron chi connectivity index (χ3n) is 6.61. The number of hydrogen-bond donors (Lipinski definition) is 1. The smallest absolute Gasteiger partial charge is 0.260 e. The molecule has 1 saturated heterocycles. The quantitative estimate of drug-likeness (QED) is 0.342. The molecule has 2 amide bonds. The van der Waals surface area contributed by atoms with Gasteiger partial charge < -0.3 is 15.0 Å². The lowest BCUT2D eigenvalue weighted by Gasteiger charge is -2.44. The highest BCUT2D eigenvalue weighted by Gasteiger charge is 2.40. The molecular weight excluding hydrogens is 475 g/mol. The third kappa shape index (κ3) is 6.98. The standard InChI is InChI=1S/C29H35FN2O3S/c1-20(2)35-17-5-16-31-28(33)23-12-8-21(9-13-23)18-27-29(34)32(19-22-10-14-24(30)15-11-22)25-6-3-4-7-26(25)36-27/h8-15,18,20,25-26H,3-7,16-17,19H2,1-2H3,(H,31,33)/b27-18-. The Hall–Kier alpha value is -2.64. The van der Waals surface area contributed by atoms with Crippen molar-refractivity contribution >= 4 is 29.7 Å². The fourth-order valence-corrected chi connectivity index (χ4v) is 6.20. The van der Waals surface area contributed by atoms with Gasteiger partial charge in [-0.15, -0.1) is 11.8 Å². The molecule has 1 saturated carbocycles. The Morgan fingerprint density at radius 2 is 1.86 bits per heavy atom. The summed E-state index contributed by atoms with van der Waals surface area (Å²) in [5, 5.41) is 3.29. The van der Waals surface area contributed by atoms with Gasteiger partial charge >= 0.3 is 0 Å². The molecule has 36 heavy (non-hydrogen) atoms. The van der Waals surface area contributed by atoms with Crippen LogP contribution in [0.15, 0.2) is 53.4 Å². The van der Waals surface area contributed by atoms with Gasteiger partial charge in [0.15, 0.2) is 0 Å².